The van der Waals surface area contributed by atoms with Crippen molar-refractivity contribution in [3.8, 4) is 0 Å². The molecule has 4 rings (SSSR count). The van der Waals surface area contributed by atoms with Gasteiger partial charge in [-0.1, -0.05) is 23.5 Å². The van der Waals surface area contributed by atoms with Crippen LogP contribution in [0.15, 0.2) is 29.3 Å². The van der Waals surface area contributed by atoms with Crippen molar-refractivity contribution in [1.29, 1.82) is 0 Å². The van der Waals surface area contributed by atoms with E-state index < -0.39 is 45.1 Å². The average Bonchev–Trinajstić information content (AvgIpc) is 3.51. The lowest BCUT2D eigenvalue weighted by Crippen LogP contribution is -2.29. The van der Waals surface area contributed by atoms with Crippen molar-refractivity contribution in [3.63, 3.8) is 0 Å². The third-order valence-corrected chi connectivity index (χ3v) is 9.24. The Bertz CT molecular complexity index is 1580. The summed E-state index contributed by atoms with van der Waals surface area (Å²) in [6, 6.07) is 7.05. The minimum Gasteiger partial charge on any atom is -0.468 e. The maximum atomic E-state index is 12.6. The molecule has 0 fully saturated rings. The highest BCUT2D eigenvalue weighted by atomic mass is 32.2. The number of aromatic nitrogens is 1. The maximum absolute atomic E-state index is 12.6. The molecule has 1 aliphatic rings. The van der Waals surface area contributed by atoms with Gasteiger partial charge >= 0.3 is 11.9 Å². The molecule has 0 bridgehead atoms. The molecular formula is C23H23N3O8S3. The quantitative estimate of drug-likeness (QED) is 0.406. The van der Waals surface area contributed by atoms with Crippen molar-refractivity contribution >= 4 is 71.5 Å². The number of hydrogen-bond acceptors (Lipinski definition) is 10. The molecular weight excluding hydrogens is 542 g/mol. The summed E-state index contributed by atoms with van der Waals surface area (Å²) in [5.41, 5.74) is 1.69. The number of ether oxygens (including phenoxy) is 2. The van der Waals surface area contributed by atoms with E-state index in [1.165, 1.54) is 30.1 Å². The molecule has 14 heteroatoms. The van der Waals surface area contributed by atoms with E-state index in [2.05, 4.69) is 10.3 Å². The van der Waals surface area contributed by atoms with Crippen LogP contribution in [-0.2, 0) is 53.1 Å². The van der Waals surface area contributed by atoms with Crippen LogP contribution in [-0.4, -0.2) is 62.5 Å². The molecule has 2 aromatic heterocycles. The largest absolute Gasteiger partial charge is 0.468 e. The van der Waals surface area contributed by atoms with E-state index in [0.717, 1.165) is 39.3 Å². The molecule has 0 saturated carbocycles. The number of thiophene rings is 1. The smallest absolute Gasteiger partial charge is 0.341 e. The van der Waals surface area contributed by atoms with E-state index in [1.807, 2.05) is 0 Å². The number of anilines is 1. The molecule has 0 aliphatic heterocycles. The van der Waals surface area contributed by atoms with E-state index in [9.17, 15) is 27.6 Å². The van der Waals surface area contributed by atoms with Gasteiger partial charge in [0.05, 0.1) is 30.0 Å². The summed E-state index contributed by atoms with van der Waals surface area (Å²) in [7, 11) is -1.72. The molecule has 1 aliphatic carbocycles. The van der Waals surface area contributed by atoms with E-state index >= 15 is 0 Å². The van der Waals surface area contributed by atoms with Crippen LogP contribution < -0.4 is 10.1 Å². The number of benzene rings is 1. The Morgan fingerprint density at radius 1 is 1.05 bits per heavy atom. The molecule has 2 amide bonds. The number of hydrogen-bond donors (Lipinski definition) is 1. The predicted molar refractivity (Wildman–Crippen MR) is 137 cm³/mol. The molecule has 1 N–H and O–H groups in total. The first-order chi connectivity index (χ1) is 17.6. The average molecular weight is 566 g/mol. The molecule has 3 aromatic rings. The summed E-state index contributed by atoms with van der Waals surface area (Å²) in [4.78, 5) is 54.2. The Labute approximate surface area is 219 Å². The minimum atomic E-state index is -4.19. The SMILES string of the molecule is COC(=O)Cn1c(=NC(=O)CS(=O)(=O)CC(=O)Nc2sc3c(c2C(=O)OC)CCC3)sc2ccccc21. The number of thiazole rings is 1. The van der Waals surface area contributed by atoms with Crippen LogP contribution in [0.25, 0.3) is 10.2 Å². The van der Waals surface area contributed by atoms with Crippen LogP contribution in [0, 0.1) is 0 Å². The maximum Gasteiger partial charge on any atom is 0.341 e. The van der Waals surface area contributed by atoms with Crippen molar-refractivity contribution < 1.29 is 37.1 Å². The summed E-state index contributed by atoms with van der Waals surface area (Å²) in [5, 5.41) is 2.73. The van der Waals surface area contributed by atoms with Gasteiger partial charge in [0.1, 0.15) is 23.1 Å². The zero-order valence-electron chi connectivity index (χ0n) is 19.9. The van der Waals surface area contributed by atoms with Gasteiger partial charge in [0.15, 0.2) is 14.6 Å². The van der Waals surface area contributed by atoms with Crippen LogP contribution in [0.1, 0.15) is 27.2 Å². The molecule has 0 spiro atoms. The standard InChI is InChI=1S/C23H23N3O8S3/c1-33-19(29)10-26-14-7-3-4-8-16(14)36-23(26)25-18(28)12-37(31,32)11-17(27)24-21-20(22(30)34-2)13-6-5-9-15(13)35-21/h3-4,7-8H,5-6,9-12H2,1-2H3,(H,24,27). The first-order valence-electron chi connectivity index (χ1n) is 11.1. The summed E-state index contributed by atoms with van der Waals surface area (Å²) >= 11 is 2.34. The monoisotopic (exact) mass is 565 g/mol. The molecule has 37 heavy (non-hydrogen) atoms. The molecule has 0 atom stereocenters. The third-order valence-electron chi connectivity index (χ3n) is 5.58. The second-order valence-corrected chi connectivity index (χ2v) is 12.3. The number of rotatable bonds is 8. The first-order valence-corrected chi connectivity index (χ1v) is 14.5. The molecule has 196 valence electrons. The summed E-state index contributed by atoms with van der Waals surface area (Å²) in [6.45, 7) is -0.213. The fourth-order valence-corrected chi connectivity index (χ4v) is 7.36. The van der Waals surface area contributed by atoms with Gasteiger partial charge in [0.2, 0.25) is 5.91 Å². The number of carbonyl (C=O) groups excluding carboxylic acids is 4. The van der Waals surface area contributed by atoms with E-state index in [1.54, 1.807) is 24.3 Å². The highest BCUT2D eigenvalue weighted by Crippen LogP contribution is 2.39. The summed E-state index contributed by atoms with van der Waals surface area (Å²) in [5.74, 6) is -4.99. The lowest BCUT2D eigenvalue weighted by Gasteiger charge is -2.07. The van der Waals surface area contributed by atoms with Crippen molar-refractivity contribution in [2.75, 3.05) is 31.0 Å². The third kappa shape index (κ3) is 5.97. The molecule has 11 nitrogen and oxygen atoms in total. The number of esters is 2. The fourth-order valence-electron chi connectivity index (χ4n) is 4.00. The number of amides is 2. The van der Waals surface area contributed by atoms with Crippen molar-refractivity contribution in [3.05, 3.63) is 45.1 Å². The van der Waals surface area contributed by atoms with E-state index in [4.69, 9.17) is 9.47 Å². The highest BCUT2D eigenvalue weighted by Gasteiger charge is 2.29. The molecule has 0 radical (unpaired) electrons. The minimum absolute atomic E-state index is 0.132. The van der Waals surface area contributed by atoms with Gasteiger partial charge in [-0.25, -0.2) is 13.2 Å². The molecule has 0 saturated heterocycles. The first kappa shape index (κ1) is 26.7. The molecule has 1 aromatic carbocycles. The van der Waals surface area contributed by atoms with Gasteiger partial charge < -0.3 is 19.4 Å². The Hall–Kier alpha value is -3.36. The van der Waals surface area contributed by atoms with Gasteiger partial charge in [-0.3, -0.25) is 14.4 Å². The zero-order chi connectivity index (χ0) is 26.7. The second kappa shape index (κ2) is 10.9. The number of nitrogens with zero attached hydrogens (tertiary/aromatic N) is 2. The van der Waals surface area contributed by atoms with Crippen molar-refractivity contribution in [1.82, 2.24) is 4.57 Å². The fraction of sp³-hybridized carbons (Fsp3) is 0.348. The number of nitrogens with one attached hydrogen (secondary N) is 1. The number of carbonyl (C=O) groups is 4. The number of methoxy groups -OCH3 is 2. The van der Waals surface area contributed by atoms with Crippen LogP contribution in [0.4, 0.5) is 5.00 Å². The molecule has 0 unspecified atom stereocenters. The number of aryl methyl sites for hydroxylation is 1. The van der Waals surface area contributed by atoms with Crippen LogP contribution in [0.2, 0.25) is 0 Å². The zero-order valence-corrected chi connectivity index (χ0v) is 22.4. The number of para-hydroxylation sites is 1. The van der Waals surface area contributed by atoms with Crippen molar-refractivity contribution in [2.45, 2.75) is 25.8 Å². The Morgan fingerprint density at radius 2 is 1.81 bits per heavy atom. The van der Waals surface area contributed by atoms with E-state index in [-0.39, 0.29) is 21.9 Å². The van der Waals surface area contributed by atoms with Gasteiger partial charge in [-0.2, -0.15) is 4.99 Å². The normalized spacial score (nSPS) is 13.4. The van der Waals surface area contributed by atoms with Crippen LogP contribution in [0.5, 0.6) is 0 Å². The number of fused-ring (bicyclic) bond motifs is 2. The molecule has 2 heterocycles. The lowest BCUT2D eigenvalue weighted by molar-refractivity contribution is -0.141. The Balaban J connectivity index is 1.50. The number of sulfone groups is 1. The van der Waals surface area contributed by atoms with E-state index in [0.29, 0.717) is 11.9 Å². The lowest BCUT2D eigenvalue weighted by atomic mass is 10.1. The van der Waals surface area contributed by atoms with Gasteiger partial charge in [-0.05, 0) is 37.0 Å². The highest BCUT2D eigenvalue weighted by molar-refractivity contribution is 7.92. The Kier molecular flexibility index (Phi) is 7.90. The van der Waals surface area contributed by atoms with Crippen LogP contribution >= 0.6 is 22.7 Å². The van der Waals surface area contributed by atoms with Gasteiger partial charge in [-0.15, -0.1) is 11.3 Å². The Morgan fingerprint density at radius 3 is 2.54 bits per heavy atom. The topological polar surface area (TPSA) is 150 Å². The second-order valence-electron chi connectivity index (χ2n) is 8.15. The predicted octanol–water partition coefficient (Wildman–Crippen LogP) is 1.69. The summed E-state index contributed by atoms with van der Waals surface area (Å²) < 4.78 is 37.0. The van der Waals surface area contributed by atoms with Crippen LogP contribution in [0.3, 0.4) is 0 Å². The van der Waals surface area contributed by atoms with Crippen molar-refractivity contribution in [2.24, 2.45) is 4.99 Å². The summed E-state index contributed by atoms with van der Waals surface area (Å²) in [6.07, 6.45) is 2.33. The van der Waals surface area contributed by atoms with Gasteiger partial charge in [0.25, 0.3) is 5.91 Å². The van der Waals surface area contributed by atoms with Gasteiger partial charge in [0, 0.05) is 4.88 Å².